The van der Waals surface area contributed by atoms with Crippen molar-refractivity contribution in [1.29, 1.82) is 0 Å². The van der Waals surface area contributed by atoms with E-state index in [2.05, 4.69) is 10.1 Å². The van der Waals surface area contributed by atoms with Crippen LogP contribution in [0.2, 0.25) is 0 Å². The molecule has 6 nitrogen and oxygen atoms in total. The smallest absolute Gasteiger partial charge is 0.310 e. The lowest BCUT2D eigenvalue weighted by molar-refractivity contribution is -0.153. The normalized spacial score (nSPS) is 11.7. The van der Waals surface area contributed by atoms with Crippen LogP contribution < -0.4 is 5.73 Å². The Morgan fingerprint density at radius 2 is 1.84 bits per heavy atom. The Morgan fingerprint density at radius 1 is 1.16 bits per heavy atom. The van der Waals surface area contributed by atoms with Crippen LogP contribution in [0.25, 0.3) is 16.8 Å². The number of esters is 1. The van der Waals surface area contributed by atoms with Gasteiger partial charge in [0.15, 0.2) is 5.65 Å². The molecule has 1 aromatic carbocycles. The van der Waals surface area contributed by atoms with E-state index >= 15 is 0 Å². The lowest BCUT2D eigenvalue weighted by Gasteiger charge is -2.19. The molecule has 25 heavy (non-hydrogen) atoms. The van der Waals surface area contributed by atoms with Gasteiger partial charge in [0.2, 0.25) is 5.95 Å². The summed E-state index contributed by atoms with van der Waals surface area (Å²) in [7, 11) is 0. The molecular weight excluding hydrogens is 316 g/mol. The number of fused-ring (bicyclic) bond motifs is 1. The van der Waals surface area contributed by atoms with Gasteiger partial charge in [0.25, 0.3) is 0 Å². The van der Waals surface area contributed by atoms with E-state index in [1.165, 1.54) is 0 Å². The number of benzene rings is 1. The number of rotatable bonds is 3. The fourth-order valence-corrected chi connectivity index (χ4v) is 2.74. The number of hydrogen-bond acceptors (Lipinski definition) is 5. The molecule has 0 aliphatic heterocycles. The maximum atomic E-state index is 11.9. The van der Waals surface area contributed by atoms with E-state index in [0.29, 0.717) is 0 Å². The lowest BCUT2D eigenvalue weighted by atomic mass is 10.0. The van der Waals surface area contributed by atoms with Gasteiger partial charge in [-0.2, -0.15) is 4.98 Å². The molecule has 0 saturated carbocycles. The van der Waals surface area contributed by atoms with Gasteiger partial charge in [-0.05, 0) is 51.0 Å². The first-order valence-corrected chi connectivity index (χ1v) is 8.16. The van der Waals surface area contributed by atoms with Crippen molar-refractivity contribution in [3.05, 3.63) is 47.7 Å². The number of nitrogens with zero attached hydrogens (tertiary/aromatic N) is 3. The van der Waals surface area contributed by atoms with Crippen LogP contribution in [0.5, 0.6) is 0 Å². The first kappa shape index (κ1) is 17.0. The number of aryl methyl sites for hydroxylation is 1. The molecule has 0 saturated heterocycles. The number of nitrogen functional groups attached to an aromatic ring is 1. The van der Waals surface area contributed by atoms with Crippen LogP contribution in [-0.2, 0) is 16.0 Å². The number of carbonyl (C=O) groups excluding carboxylic acids is 1. The average molecular weight is 338 g/mol. The van der Waals surface area contributed by atoms with Gasteiger partial charge in [-0.15, -0.1) is 5.10 Å². The number of anilines is 1. The van der Waals surface area contributed by atoms with Crippen molar-refractivity contribution in [3.8, 4) is 11.1 Å². The third-order valence-electron chi connectivity index (χ3n) is 3.79. The lowest BCUT2D eigenvalue weighted by Crippen LogP contribution is -2.24. The van der Waals surface area contributed by atoms with Gasteiger partial charge in [0.05, 0.1) is 6.42 Å². The van der Waals surface area contributed by atoms with Crippen LogP contribution >= 0.6 is 0 Å². The van der Waals surface area contributed by atoms with Gasteiger partial charge < -0.3 is 10.5 Å². The van der Waals surface area contributed by atoms with E-state index in [0.717, 1.165) is 28.0 Å². The highest BCUT2D eigenvalue weighted by molar-refractivity contribution is 5.74. The van der Waals surface area contributed by atoms with Gasteiger partial charge >= 0.3 is 5.97 Å². The Labute approximate surface area is 146 Å². The zero-order chi connectivity index (χ0) is 18.2. The van der Waals surface area contributed by atoms with E-state index < -0.39 is 5.60 Å². The third-order valence-corrected chi connectivity index (χ3v) is 3.79. The van der Waals surface area contributed by atoms with Crippen molar-refractivity contribution in [2.24, 2.45) is 0 Å². The van der Waals surface area contributed by atoms with Crippen molar-refractivity contribution in [3.63, 3.8) is 0 Å². The maximum absolute atomic E-state index is 11.9. The highest BCUT2D eigenvalue weighted by atomic mass is 16.6. The van der Waals surface area contributed by atoms with Crippen molar-refractivity contribution in [2.75, 3.05) is 5.73 Å². The van der Waals surface area contributed by atoms with Gasteiger partial charge in [-0.25, -0.2) is 4.52 Å². The Kier molecular flexibility index (Phi) is 4.20. The molecule has 2 aromatic heterocycles. The molecule has 2 N–H and O–H groups in total. The van der Waals surface area contributed by atoms with Crippen LogP contribution in [0, 0.1) is 6.92 Å². The third kappa shape index (κ3) is 3.79. The number of carbonyl (C=O) groups is 1. The van der Waals surface area contributed by atoms with E-state index in [9.17, 15) is 4.79 Å². The Morgan fingerprint density at radius 3 is 2.48 bits per heavy atom. The molecule has 130 valence electrons. The topological polar surface area (TPSA) is 82.5 Å². The van der Waals surface area contributed by atoms with Gasteiger partial charge in [0, 0.05) is 11.3 Å². The van der Waals surface area contributed by atoms with Gasteiger partial charge in [-0.3, -0.25) is 4.79 Å². The maximum Gasteiger partial charge on any atom is 0.310 e. The zero-order valence-corrected chi connectivity index (χ0v) is 14.9. The minimum absolute atomic E-state index is 0.226. The fourth-order valence-electron chi connectivity index (χ4n) is 2.74. The minimum Gasteiger partial charge on any atom is -0.460 e. The number of pyridine rings is 1. The predicted molar refractivity (Wildman–Crippen MR) is 97.1 cm³/mol. The number of hydrogen-bond donors (Lipinski definition) is 1. The monoisotopic (exact) mass is 338 g/mol. The van der Waals surface area contributed by atoms with Crippen LogP contribution in [0.3, 0.4) is 0 Å². The summed E-state index contributed by atoms with van der Waals surface area (Å²) in [6, 6.07) is 11.8. The van der Waals surface area contributed by atoms with Crippen LogP contribution in [-0.4, -0.2) is 26.2 Å². The molecule has 0 aliphatic carbocycles. The molecule has 0 atom stereocenters. The Bertz CT molecular complexity index is 921. The second-order valence-corrected chi connectivity index (χ2v) is 7.03. The molecule has 0 unspecified atom stereocenters. The summed E-state index contributed by atoms with van der Waals surface area (Å²) >= 11 is 0. The van der Waals surface area contributed by atoms with Crippen molar-refractivity contribution >= 4 is 17.6 Å². The first-order chi connectivity index (χ1) is 11.7. The standard InChI is InChI=1S/C19H22N4O2/c1-12-15(9-10-16-21-18(20)22-23(12)16)14-7-5-13(6-8-14)11-17(24)25-19(2,3)4/h5-10H,11H2,1-4H3,(H2,20,22). The Balaban J connectivity index is 1.83. The molecule has 0 amide bonds. The summed E-state index contributed by atoms with van der Waals surface area (Å²) < 4.78 is 7.09. The van der Waals surface area contributed by atoms with Crippen LogP contribution in [0.15, 0.2) is 36.4 Å². The van der Waals surface area contributed by atoms with E-state index in [1.807, 2.05) is 64.1 Å². The number of nitrogens with two attached hydrogens (primary N) is 1. The van der Waals surface area contributed by atoms with Crippen molar-refractivity contribution in [1.82, 2.24) is 14.6 Å². The van der Waals surface area contributed by atoms with Crippen LogP contribution in [0.1, 0.15) is 32.0 Å². The summed E-state index contributed by atoms with van der Waals surface area (Å²) in [5, 5.41) is 4.21. The quantitative estimate of drug-likeness (QED) is 0.742. The second kappa shape index (κ2) is 6.20. The number of ether oxygens (including phenoxy) is 1. The Hall–Kier alpha value is -2.89. The van der Waals surface area contributed by atoms with E-state index in [-0.39, 0.29) is 18.3 Å². The van der Waals surface area contributed by atoms with Gasteiger partial charge in [0.1, 0.15) is 5.60 Å². The molecule has 2 heterocycles. The largest absolute Gasteiger partial charge is 0.460 e. The molecular formula is C19H22N4O2. The summed E-state index contributed by atoms with van der Waals surface area (Å²) in [6.07, 6.45) is 0.259. The summed E-state index contributed by atoms with van der Waals surface area (Å²) in [4.78, 5) is 16.1. The summed E-state index contributed by atoms with van der Waals surface area (Å²) in [6.45, 7) is 7.57. The molecule has 0 fully saturated rings. The second-order valence-electron chi connectivity index (χ2n) is 7.03. The molecule has 3 aromatic rings. The van der Waals surface area contributed by atoms with Crippen LogP contribution in [0.4, 0.5) is 5.95 Å². The molecule has 0 radical (unpaired) electrons. The van der Waals surface area contributed by atoms with Gasteiger partial charge in [-0.1, -0.05) is 24.3 Å². The highest BCUT2D eigenvalue weighted by Crippen LogP contribution is 2.25. The summed E-state index contributed by atoms with van der Waals surface area (Å²) in [5.74, 6) is 0.0314. The van der Waals surface area contributed by atoms with Crippen molar-refractivity contribution in [2.45, 2.75) is 39.7 Å². The molecule has 0 bridgehead atoms. The molecule has 3 rings (SSSR count). The van der Waals surface area contributed by atoms with E-state index in [4.69, 9.17) is 10.5 Å². The number of aromatic nitrogens is 3. The molecule has 0 aliphatic rings. The highest BCUT2D eigenvalue weighted by Gasteiger charge is 2.16. The zero-order valence-electron chi connectivity index (χ0n) is 14.9. The average Bonchev–Trinajstić information content (AvgIpc) is 2.88. The molecule has 0 spiro atoms. The molecule has 6 heteroatoms. The SMILES string of the molecule is Cc1c(-c2ccc(CC(=O)OC(C)(C)C)cc2)ccc2nc(N)nn12. The minimum atomic E-state index is -0.469. The summed E-state index contributed by atoms with van der Waals surface area (Å²) in [5.41, 5.74) is 9.89. The fraction of sp³-hybridized carbons (Fsp3) is 0.316. The van der Waals surface area contributed by atoms with Crippen molar-refractivity contribution < 1.29 is 9.53 Å². The predicted octanol–water partition coefficient (Wildman–Crippen LogP) is 3.17. The van der Waals surface area contributed by atoms with E-state index in [1.54, 1.807) is 4.52 Å². The first-order valence-electron chi connectivity index (χ1n) is 8.16.